The second kappa shape index (κ2) is 11.8. The van der Waals surface area contributed by atoms with Gasteiger partial charge in [-0.15, -0.1) is 0 Å². The third-order valence-corrected chi connectivity index (χ3v) is 6.79. The highest BCUT2D eigenvalue weighted by Gasteiger charge is 2.34. The number of aliphatic carboxylic acids is 1. The Labute approximate surface area is 219 Å². The molecule has 38 heavy (non-hydrogen) atoms. The summed E-state index contributed by atoms with van der Waals surface area (Å²) < 4.78 is 5.43. The number of amides is 4. The summed E-state index contributed by atoms with van der Waals surface area (Å²) in [4.78, 5) is 61.4. The van der Waals surface area contributed by atoms with Gasteiger partial charge in [0.2, 0.25) is 17.7 Å². The van der Waals surface area contributed by atoms with Gasteiger partial charge in [-0.25, -0.2) is 9.59 Å². The third kappa shape index (κ3) is 5.93. The first-order valence-electron chi connectivity index (χ1n) is 12.4. The van der Waals surface area contributed by atoms with Gasteiger partial charge >= 0.3 is 12.1 Å². The van der Waals surface area contributed by atoms with Crippen molar-refractivity contribution in [2.75, 3.05) is 26.2 Å². The molecule has 2 aromatic carbocycles. The van der Waals surface area contributed by atoms with Crippen LogP contribution in [0.2, 0.25) is 0 Å². The van der Waals surface area contributed by atoms with Gasteiger partial charge in [-0.05, 0) is 42.0 Å². The number of carboxylic acid groups (broad SMARTS) is 1. The fourth-order valence-corrected chi connectivity index (χ4v) is 4.86. The van der Waals surface area contributed by atoms with E-state index >= 15 is 0 Å². The van der Waals surface area contributed by atoms with E-state index < -0.39 is 48.4 Å². The van der Waals surface area contributed by atoms with Gasteiger partial charge in [0.15, 0.2) is 0 Å². The number of ether oxygens (including phenoxy) is 1. The normalized spacial score (nSPS) is 16.7. The molecule has 1 fully saturated rings. The zero-order valence-corrected chi connectivity index (χ0v) is 20.9. The van der Waals surface area contributed by atoms with Gasteiger partial charge in [-0.2, -0.15) is 0 Å². The summed E-state index contributed by atoms with van der Waals surface area (Å²) in [5.74, 6) is -2.92. The average Bonchev–Trinajstić information content (AvgIpc) is 3.53. The molecule has 1 aliphatic carbocycles. The van der Waals surface area contributed by atoms with Crippen molar-refractivity contribution >= 4 is 29.8 Å². The first-order chi connectivity index (χ1) is 18.3. The van der Waals surface area contributed by atoms with E-state index in [1.54, 1.807) is 0 Å². The van der Waals surface area contributed by atoms with Crippen LogP contribution in [0.3, 0.4) is 0 Å². The van der Waals surface area contributed by atoms with Gasteiger partial charge in [0, 0.05) is 12.5 Å². The molecule has 0 aromatic heterocycles. The number of nitrogens with one attached hydrogen (secondary N) is 3. The number of alkyl carbamates (subject to hydrolysis) is 1. The molecule has 11 nitrogen and oxygen atoms in total. The molecule has 11 heteroatoms. The van der Waals surface area contributed by atoms with Crippen molar-refractivity contribution in [3.63, 3.8) is 0 Å². The highest BCUT2D eigenvalue weighted by molar-refractivity contribution is 5.91. The lowest BCUT2D eigenvalue weighted by molar-refractivity contribution is -0.148. The minimum atomic E-state index is -1.08. The van der Waals surface area contributed by atoms with E-state index in [-0.39, 0.29) is 19.1 Å². The number of carboxylic acids is 1. The van der Waals surface area contributed by atoms with Crippen LogP contribution >= 0.6 is 0 Å². The van der Waals surface area contributed by atoms with E-state index in [2.05, 4.69) is 16.0 Å². The van der Waals surface area contributed by atoms with Crippen LogP contribution in [0, 0.1) is 0 Å². The average molecular weight is 523 g/mol. The maximum absolute atomic E-state index is 12.4. The molecular weight excluding hydrogens is 492 g/mol. The largest absolute Gasteiger partial charge is 0.480 e. The lowest BCUT2D eigenvalue weighted by Gasteiger charge is -2.21. The maximum atomic E-state index is 12.4. The minimum absolute atomic E-state index is 0.102. The fraction of sp³-hybridized carbons (Fsp3) is 0.370. The van der Waals surface area contributed by atoms with Crippen LogP contribution < -0.4 is 16.0 Å². The van der Waals surface area contributed by atoms with E-state index in [0.717, 1.165) is 22.3 Å². The van der Waals surface area contributed by atoms with Crippen LogP contribution in [0.1, 0.15) is 36.8 Å². The number of benzene rings is 2. The summed E-state index contributed by atoms with van der Waals surface area (Å²) in [5, 5.41) is 16.4. The van der Waals surface area contributed by atoms with Gasteiger partial charge < -0.3 is 30.7 Å². The number of carbonyl (C=O) groups is 5. The van der Waals surface area contributed by atoms with Crippen LogP contribution in [-0.2, 0) is 23.9 Å². The van der Waals surface area contributed by atoms with Gasteiger partial charge in [0.1, 0.15) is 18.7 Å². The Kier molecular flexibility index (Phi) is 8.25. The van der Waals surface area contributed by atoms with E-state index in [9.17, 15) is 24.0 Å². The van der Waals surface area contributed by atoms with Crippen molar-refractivity contribution in [2.45, 2.75) is 37.8 Å². The van der Waals surface area contributed by atoms with Crippen LogP contribution in [-0.4, -0.2) is 78.1 Å². The topological polar surface area (TPSA) is 154 Å². The highest BCUT2D eigenvalue weighted by Crippen LogP contribution is 2.44. The molecule has 2 aromatic rings. The van der Waals surface area contributed by atoms with Crippen molar-refractivity contribution in [2.24, 2.45) is 0 Å². The van der Waals surface area contributed by atoms with E-state index in [1.165, 1.54) is 11.8 Å². The summed E-state index contributed by atoms with van der Waals surface area (Å²) in [6.07, 6.45) is 0.198. The summed E-state index contributed by atoms with van der Waals surface area (Å²) in [6, 6.07) is 14.0. The molecule has 1 saturated heterocycles. The Balaban J connectivity index is 1.19. The molecule has 1 aliphatic heterocycles. The number of hydrogen-bond donors (Lipinski definition) is 4. The standard InChI is InChI=1S/C27H30N4O7/c1-16(25(34)29-13-23(32)28-14-24(33)31-12-6-11-22(31)26(35)36)30-27(37)38-15-21-19-9-4-2-7-17(19)18-8-3-5-10-20(18)21/h2-5,7-10,16,21-22H,6,11-15H2,1H3,(H,28,32)(H,29,34)(H,30,37)(H,35,36)/t16-,22-/m0/s1. The number of hydrogen-bond acceptors (Lipinski definition) is 6. The van der Waals surface area contributed by atoms with E-state index in [1.807, 2.05) is 48.5 Å². The minimum Gasteiger partial charge on any atom is -0.480 e. The monoisotopic (exact) mass is 522 g/mol. The summed E-state index contributed by atoms with van der Waals surface area (Å²) in [5.41, 5.74) is 4.35. The summed E-state index contributed by atoms with van der Waals surface area (Å²) in [6.45, 7) is 1.10. The van der Waals surface area contributed by atoms with Crippen LogP contribution in [0.4, 0.5) is 4.79 Å². The lowest BCUT2D eigenvalue weighted by atomic mass is 9.98. The molecule has 2 atom stereocenters. The number of fused-ring (bicyclic) bond motifs is 3. The van der Waals surface area contributed by atoms with E-state index in [0.29, 0.717) is 19.4 Å². The summed E-state index contributed by atoms with van der Waals surface area (Å²) >= 11 is 0. The number of rotatable bonds is 9. The lowest BCUT2D eigenvalue weighted by Crippen LogP contribution is -2.49. The molecular formula is C27H30N4O7. The number of carbonyl (C=O) groups excluding carboxylic acids is 4. The second-order valence-corrected chi connectivity index (χ2v) is 9.27. The van der Waals surface area contributed by atoms with Crippen LogP contribution in [0.15, 0.2) is 48.5 Å². The van der Waals surface area contributed by atoms with Crippen molar-refractivity contribution < 1.29 is 33.8 Å². The van der Waals surface area contributed by atoms with Gasteiger partial charge in [0.25, 0.3) is 0 Å². The van der Waals surface area contributed by atoms with Gasteiger partial charge in [-0.1, -0.05) is 48.5 Å². The predicted molar refractivity (Wildman–Crippen MR) is 136 cm³/mol. The zero-order valence-electron chi connectivity index (χ0n) is 20.9. The molecule has 0 bridgehead atoms. The van der Waals surface area contributed by atoms with Crippen LogP contribution in [0.25, 0.3) is 11.1 Å². The van der Waals surface area contributed by atoms with Crippen molar-refractivity contribution in [1.82, 2.24) is 20.9 Å². The first-order valence-corrected chi connectivity index (χ1v) is 12.4. The molecule has 0 radical (unpaired) electrons. The molecule has 4 rings (SSSR count). The molecule has 2 aliphatic rings. The number of nitrogens with zero attached hydrogens (tertiary/aromatic N) is 1. The second-order valence-electron chi connectivity index (χ2n) is 9.27. The SMILES string of the molecule is C[C@H](NC(=O)OCC1c2ccccc2-c2ccccc21)C(=O)NCC(=O)NCC(=O)N1CCC[C@H]1C(=O)O. The van der Waals surface area contributed by atoms with Gasteiger partial charge in [-0.3, -0.25) is 14.4 Å². The van der Waals surface area contributed by atoms with Crippen molar-refractivity contribution in [3.8, 4) is 11.1 Å². The molecule has 0 unspecified atom stereocenters. The number of likely N-dealkylation sites (tertiary alicyclic amines) is 1. The molecule has 0 saturated carbocycles. The Morgan fingerprint density at radius 1 is 0.974 bits per heavy atom. The Morgan fingerprint density at radius 3 is 2.24 bits per heavy atom. The zero-order chi connectivity index (χ0) is 27.2. The Morgan fingerprint density at radius 2 is 1.61 bits per heavy atom. The molecule has 4 amide bonds. The molecule has 200 valence electrons. The van der Waals surface area contributed by atoms with E-state index in [4.69, 9.17) is 9.84 Å². The molecule has 1 heterocycles. The van der Waals surface area contributed by atoms with Crippen LogP contribution in [0.5, 0.6) is 0 Å². The predicted octanol–water partition coefficient (Wildman–Crippen LogP) is 1.22. The molecule has 0 spiro atoms. The summed E-state index contributed by atoms with van der Waals surface area (Å²) in [7, 11) is 0. The Hall–Kier alpha value is -4.41. The van der Waals surface area contributed by atoms with Gasteiger partial charge in [0.05, 0.1) is 13.1 Å². The first kappa shape index (κ1) is 26.6. The maximum Gasteiger partial charge on any atom is 0.407 e. The van der Waals surface area contributed by atoms with Crippen molar-refractivity contribution in [3.05, 3.63) is 59.7 Å². The van der Waals surface area contributed by atoms with Crippen molar-refractivity contribution in [1.29, 1.82) is 0 Å². The Bertz CT molecular complexity index is 1200. The fourth-order valence-electron chi connectivity index (χ4n) is 4.86. The highest BCUT2D eigenvalue weighted by atomic mass is 16.5. The smallest absolute Gasteiger partial charge is 0.407 e. The quantitative estimate of drug-likeness (QED) is 0.386. The third-order valence-electron chi connectivity index (χ3n) is 6.79. The molecule has 4 N–H and O–H groups in total.